The van der Waals surface area contributed by atoms with E-state index in [9.17, 15) is 0 Å². The summed E-state index contributed by atoms with van der Waals surface area (Å²) < 4.78 is 11.3. The summed E-state index contributed by atoms with van der Waals surface area (Å²) in [6.45, 7) is 3.40. The summed E-state index contributed by atoms with van der Waals surface area (Å²) in [4.78, 5) is 2.63. The van der Waals surface area contributed by atoms with Crippen molar-refractivity contribution in [2.75, 3.05) is 25.5 Å². The van der Waals surface area contributed by atoms with E-state index >= 15 is 0 Å². The van der Waals surface area contributed by atoms with E-state index in [1.807, 2.05) is 6.07 Å². The predicted molar refractivity (Wildman–Crippen MR) is 82.6 cm³/mol. The lowest BCUT2D eigenvalue weighted by Gasteiger charge is -2.32. The summed E-state index contributed by atoms with van der Waals surface area (Å²) in [5.41, 5.74) is 8.25. The van der Waals surface area contributed by atoms with Crippen LogP contribution in [0.3, 0.4) is 0 Å². The minimum absolute atomic E-state index is 0.613. The van der Waals surface area contributed by atoms with Crippen molar-refractivity contribution in [2.24, 2.45) is 5.92 Å². The first-order chi connectivity index (χ1) is 10.3. The molecule has 1 saturated carbocycles. The maximum absolute atomic E-state index is 6.23. The molecule has 0 spiro atoms. The molecular weight excluding hydrogens is 264 g/mol. The zero-order valence-corrected chi connectivity index (χ0v) is 12.5. The third kappa shape index (κ3) is 2.46. The first-order valence-electron chi connectivity index (χ1n) is 8.23. The van der Waals surface area contributed by atoms with Gasteiger partial charge in [0.15, 0.2) is 11.5 Å². The Labute approximate surface area is 126 Å². The van der Waals surface area contributed by atoms with Gasteiger partial charge in [0.25, 0.3) is 0 Å². The summed E-state index contributed by atoms with van der Waals surface area (Å²) in [5, 5.41) is 0. The summed E-state index contributed by atoms with van der Waals surface area (Å²) in [5.74, 6) is 2.56. The van der Waals surface area contributed by atoms with Gasteiger partial charge >= 0.3 is 0 Å². The van der Waals surface area contributed by atoms with Crippen molar-refractivity contribution in [1.29, 1.82) is 0 Å². The summed E-state index contributed by atoms with van der Waals surface area (Å²) in [6, 6.07) is 4.78. The van der Waals surface area contributed by atoms with Crippen LogP contribution in [0.25, 0.3) is 0 Å². The Balaban J connectivity index is 1.54. The summed E-state index contributed by atoms with van der Waals surface area (Å²) in [7, 11) is 0. The number of hydrogen-bond donors (Lipinski definition) is 1. The molecule has 2 fully saturated rings. The fourth-order valence-corrected chi connectivity index (χ4v) is 4.20. The van der Waals surface area contributed by atoms with Crippen LogP contribution in [-0.4, -0.2) is 30.7 Å². The largest absolute Gasteiger partial charge is 0.486 e. The molecule has 1 aromatic rings. The Hall–Kier alpha value is -1.42. The first-order valence-corrected chi connectivity index (χ1v) is 8.23. The number of hydrogen-bond acceptors (Lipinski definition) is 4. The number of nitrogens with zero attached hydrogens (tertiary/aromatic N) is 1. The molecule has 4 rings (SSSR count). The lowest BCUT2D eigenvalue weighted by Crippen LogP contribution is -2.34. The molecule has 114 valence electrons. The lowest BCUT2D eigenvalue weighted by atomic mass is 9.85. The molecule has 0 radical (unpaired) electrons. The van der Waals surface area contributed by atoms with Crippen LogP contribution in [-0.2, 0) is 6.54 Å². The maximum Gasteiger partial charge on any atom is 0.163 e. The molecule has 0 bridgehead atoms. The molecule has 4 nitrogen and oxygen atoms in total. The van der Waals surface area contributed by atoms with Crippen molar-refractivity contribution in [3.8, 4) is 11.5 Å². The van der Waals surface area contributed by atoms with Crippen LogP contribution in [0, 0.1) is 5.92 Å². The second-order valence-corrected chi connectivity index (χ2v) is 6.57. The minimum Gasteiger partial charge on any atom is -0.486 e. The van der Waals surface area contributed by atoms with Crippen molar-refractivity contribution in [3.63, 3.8) is 0 Å². The van der Waals surface area contributed by atoms with Crippen LogP contribution in [0.2, 0.25) is 0 Å². The molecule has 21 heavy (non-hydrogen) atoms. The third-order valence-electron chi connectivity index (χ3n) is 5.30. The van der Waals surface area contributed by atoms with Crippen LogP contribution in [0.15, 0.2) is 12.1 Å². The van der Waals surface area contributed by atoms with Gasteiger partial charge in [0.2, 0.25) is 0 Å². The zero-order chi connectivity index (χ0) is 14.2. The Morgan fingerprint density at radius 1 is 1.05 bits per heavy atom. The van der Waals surface area contributed by atoms with Gasteiger partial charge in [0, 0.05) is 24.3 Å². The Bertz CT molecular complexity index is 532. The molecule has 2 atom stereocenters. The highest BCUT2D eigenvalue weighted by molar-refractivity contribution is 5.58. The fourth-order valence-electron chi connectivity index (χ4n) is 4.20. The Morgan fingerprint density at radius 3 is 2.67 bits per heavy atom. The van der Waals surface area contributed by atoms with Crippen molar-refractivity contribution in [3.05, 3.63) is 17.7 Å². The fraction of sp³-hybridized carbons (Fsp3) is 0.647. The average Bonchev–Trinajstić information content (AvgIpc) is 2.91. The summed E-state index contributed by atoms with van der Waals surface area (Å²) >= 11 is 0. The molecule has 2 aliphatic heterocycles. The highest BCUT2D eigenvalue weighted by Gasteiger charge is 2.35. The van der Waals surface area contributed by atoms with Gasteiger partial charge in [-0.25, -0.2) is 0 Å². The highest BCUT2D eigenvalue weighted by atomic mass is 16.6. The standard InChI is InChI=1S/C17H24N2O2/c18-14-10-17-16(20-7-8-21-17)9-13(14)11-19-6-5-12-3-1-2-4-15(12)19/h9-10,12,15H,1-8,11,18H2. The van der Waals surface area contributed by atoms with E-state index in [-0.39, 0.29) is 0 Å². The topological polar surface area (TPSA) is 47.7 Å². The van der Waals surface area contributed by atoms with Gasteiger partial charge in [-0.1, -0.05) is 12.8 Å². The van der Waals surface area contributed by atoms with Crippen molar-refractivity contribution < 1.29 is 9.47 Å². The molecule has 1 aliphatic carbocycles. The molecule has 0 amide bonds. The van der Waals surface area contributed by atoms with E-state index in [2.05, 4.69) is 11.0 Å². The monoisotopic (exact) mass is 288 g/mol. The smallest absolute Gasteiger partial charge is 0.163 e. The Morgan fingerprint density at radius 2 is 1.81 bits per heavy atom. The SMILES string of the molecule is Nc1cc2c(cc1CN1CCC3CCCCC31)OCCO2. The van der Waals surface area contributed by atoms with Gasteiger partial charge in [0.1, 0.15) is 13.2 Å². The van der Waals surface area contributed by atoms with E-state index in [1.54, 1.807) is 0 Å². The molecule has 2 heterocycles. The van der Waals surface area contributed by atoms with E-state index < -0.39 is 0 Å². The number of nitrogens with two attached hydrogens (primary N) is 1. The number of benzene rings is 1. The van der Waals surface area contributed by atoms with Crippen LogP contribution in [0.4, 0.5) is 5.69 Å². The van der Waals surface area contributed by atoms with Crippen molar-refractivity contribution >= 4 is 5.69 Å². The van der Waals surface area contributed by atoms with Gasteiger partial charge in [-0.3, -0.25) is 4.90 Å². The number of anilines is 1. The van der Waals surface area contributed by atoms with Crippen LogP contribution in [0.1, 0.15) is 37.7 Å². The van der Waals surface area contributed by atoms with Gasteiger partial charge in [-0.2, -0.15) is 0 Å². The molecule has 0 aromatic heterocycles. The average molecular weight is 288 g/mol. The third-order valence-corrected chi connectivity index (χ3v) is 5.30. The van der Waals surface area contributed by atoms with Crippen molar-refractivity contribution in [1.82, 2.24) is 4.90 Å². The maximum atomic E-state index is 6.23. The number of fused-ring (bicyclic) bond motifs is 2. The van der Waals surface area contributed by atoms with E-state index in [0.717, 1.165) is 35.7 Å². The molecule has 1 aromatic carbocycles. The number of ether oxygens (including phenoxy) is 2. The molecular formula is C17H24N2O2. The first kappa shape index (κ1) is 13.3. The van der Waals surface area contributed by atoms with E-state index in [1.165, 1.54) is 44.2 Å². The molecule has 3 aliphatic rings. The second kappa shape index (κ2) is 5.41. The second-order valence-electron chi connectivity index (χ2n) is 6.57. The van der Waals surface area contributed by atoms with E-state index in [4.69, 9.17) is 15.2 Å². The van der Waals surface area contributed by atoms with E-state index in [0.29, 0.717) is 13.2 Å². The van der Waals surface area contributed by atoms with Crippen LogP contribution >= 0.6 is 0 Å². The lowest BCUT2D eigenvalue weighted by molar-refractivity contribution is 0.168. The number of nitrogen functional groups attached to an aromatic ring is 1. The minimum atomic E-state index is 0.613. The Kier molecular flexibility index (Phi) is 3.42. The van der Waals surface area contributed by atoms with Crippen LogP contribution < -0.4 is 15.2 Å². The zero-order valence-electron chi connectivity index (χ0n) is 12.5. The molecule has 1 saturated heterocycles. The quantitative estimate of drug-likeness (QED) is 0.850. The normalized spacial score (nSPS) is 28.4. The molecule has 2 N–H and O–H groups in total. The highest BCUT2D eigenvalue weighted by Crippen LogP contribution is 2.39. The molecule has 4 heteroatoms. The van der Waals surface area contributed by atoms with Gasteiger partial charge in [-0.05, 0) is 43.4 Å². The van der Waals surface area contributed by atoms with Gasteiger partial charge < -0.3 is 15.2 Å². The number of rotatable bonds is 2. The van der Waals surface area contributed by atoms with Gasteiger partial charge in [0.05, 0.1) is 0 Å². The molecule has 2 unspecified atom stereocenters. The summed E-state index contributed by atoms with van der Waals surface area (Å²) in [6.07, 6.45) is 6.93. The van der Waals surface area contributed by atoms with Crippen molar-refractivity contribution in [2.45, 2.75) is 44.7 Å². The van der Waals surface area contributed by atoms with Crippen LogP contribution in [0.5, 0.6) is 11.5 Å². The number of likely N-dealkylation sites (tertiary alicyclic amines) is 1. The predicted octanol–water partition coefficient (Wildman–Crippen LogP) is 2.80. The van der Waals surface area contributed by atoms with Gasteiger partial charge in [-0.15, -0.1) is 0 Å².